The number of hydrogen-bond acceptors (Lipinski definition) is 1. The van der Waals surface area contributed by atoms with Crippen LogP contribution in [0.3, 0.4) is 0 Å². The average molecular weight is 175 g/mol. The van der Waals surface area contributed by atoms with E-state index in [0.717, 1.165) is 26.1 Å². The van der Waals surface area contributed by atoms with Gasteiger partial charge in [-0.15, -0.1) is 0 Å². The number of benzene rings is 1. The van der Waals surface area contributed by atoms with E-state index in [0.29, 0.717) is 6.04 Å². The van der Waals surface area contributed by atoms with Gasteiger partial charge in [0.2, 0.25) is 0 Å². The van der Waals surface area contributed by atoms with Crippen LogP contribution in [0.25, 0.3) is 0 Å². The lowest BCUT2D eigenvalue weighted by Gasteiger charge is -2.22. The second kappa shape index (κ2) is 4.40. The van der Waals surface area contributed by atoms with E-state index in [1.54, 1.807) is 0 Å². The molecule has 0 aliphatic carbocycles. The molecule has 1 aromatic rings. The number of hydrogen-bond donors (Lipinski definition) is 1. The van der Waals surface area contributed by atoms with Crippen LogP contribution >= 0.6 is 0 Å². The summed E-state index contributed by atoms with van der Waals surface area (Å²) in [5, 5.41) is 7.92. The van der Waals surface area contributed by atoms with Gasteiger partial charge >= 0.3 is 0 Å². The molecule has 1 heterocycles. The predicted octanol–water partition coefficient (Wildman–Crippen LogP) is 0.805. The van der Waals surface area contributed by atoms with Crippen LogP contribution in [0.1, 0.15) is 5.56 Å². The lowest BCUT2D eigenvalue weighted by Crippen LogP contribution is -2.45. The Hall–Kier alpha value is -0.860. The highest BCUT2D eigenvalue weighted by Crippen LogP contribution is 2.04. The Labute approximate surface area is 79.4 Å². The minimum absolute atomic E-state index is 0.483. The number of rotatable bonds is 2. The van der Waals surface area contributed by atoms with Gasteiger partial charge in [0.05, 0.1) is 0 Å². The molecule has 1 atom stereocenters. The number of nitrogens with zero attached hydrogens (tertiary/aromatic N) is 1. The largest absolute Gasteiger partial charge is 0.314 e. The van der Waals surface area contributed by atoms with Crippen LogP contribution in [-0.4, -0.2) is 25.7 Å². The molecule has 2 nitrogen and oxygen atoms in total. The first-order valence-corrected chi connectivity index (χ1v) is 4.86. The van der Waals surface area contributed by atoms with Crippen molar-refractivity contribution >= 4 is 0 Å². The van der Waals surface area contributed by atoms with Gasteiger partial charge in [0.15, 0.2) is 0 Å². The van der Waals surface area contributed by atoms with Crippen LogP contribution in [0, 0.1) is 0 Å². The maximum Gasteiger partial charge on any atom is 0.0411 e. The second-order valence-electron chi connectivity index (χ2n) is 3.45. The third kappa shape index (κ3) is 2.54. The molecule has 0 aromatic heterocycles. The zero-order valence-corrected chi connectivity index (χ0v) is 7.74. The van der Waals surface area contributed by atoms with E-state index < -0.39 is 0 Å². The Morgan fingerprint density at radius 2 is 2.15 bits per heavy atom. The second-order valence-corrected chi connectivity index (χ2v) is 3.45. The number of nitrogens with one attached hydrogen (secondary N) is 1. The summed E-state index contributed by atoms with van der Waals surface area (Å²) >= 11 is 0. The van der Waals surface area contributed by atoms with Crippen molar-refractivity contribution in [3.63, 3.8) is 0 Å². The molecule has 0 saturated carbocycles. The molecule has 1 saturated heterocycles. The monoisotopic (exact) mass is 175 g/mol. The zero-order chi connectivity index (χ0) is 8.93. The van der Waals surface area contributed by atoms with Gasteiger partial charge in [-0.2, -0.15) is 0 Å². The van der Waals surface area contributed by atoms with Crippen LogP contribution in [-0.2, 0) is 6.42 Å². The topological polar surface area (TPSA) is 26.1 Å². The Bertz CT molecular complexity index is 240. The highest BCUT2D eigenvalue weighted by Gasteiger charge is 2.12. The van der Waals surface area contributed by atoms with Gasteiger partial charge in [-0.3, -0.25) is 0 Å². The highest BCUT2D eigenvalue weighted by atomic mass is 15.0. The van der Waals surface area contributed by atoms with E-state index >= 15 is 0 Å². The SMILES string of the molecule is c1ccc(C[C@H]2CNCC[N]2)cc1. The maximum atomic E-state index is 4.56. The summed E-state index contributed by atoms with van der Waals surface area (Å²) in [5.41, 5.74) is 1.39. The van der Waals surface area contributed by atoms with E-state index in [1.807, 2.05) is 0 Å². The Morgan fingerprint density at radius 1 is 1.31 bits per heavy atom. The Morgan fingerprint density at radius 3 is 2.85 bits per heavy atom. The molecule has 1 aliphatic rings. The van der Waals surface area contributed by atoms with Gasteiger partial charge in [0, 0.05) is 25.7 Å². The van der Waals surface area contributed by atoms with Crippen molar-refractivity contribution in [3.8, 4) is 0 Å². The standard InChI is InChI=1S/C11H15N2/c1-2-4-10(5-3-1)8-11-9-12-6-7-13-11/h1-5,11-12H,6-9H2/t11-/m0/s1. The van der Waals surface area contributed by atoms with Crippen LogP contribution in [0.15, 0.2) is 30.3 Å². The molecule has 2 rings (SSSR count). The van der Waals surface area contributed by atoms with Crippen molar-refractivity contribution in [2.75, 3.05) is 19.6 Å². The van der Waals surface area contributed by atoms with Gasteiger partial charge in [-0.1, -0.05) is 30.3 Å². The highest BCUT2D eigenvalue weighted by molar-refractivity contribution is 5.16. The van der Waals surface area contributed by atoms with E-state index in [-0.39, 0.29) is 0 Å². The molecule has 2 heteroatoms. The van der Waals surface area contributed by atoms with Gasteiger partial charge in [-0.05, 0) is 12.0 Å². The normalized spacial score (nSPS) is 22.9. The van der Waals surface area contributed by atoms with Crippen molar-refractivity contribution in [2.45, 2.75) is 12.5 Å². The van der Waals surface area contributed by atoms with Crippen LogP contribution in [0.2, 0.25) is 0 Å². The third-order valence-electron chi connectivity index (χ3n) is 2.37. The summed E-state index contributed by atoms with van der Waals surface area (Å²) in [4.78, 5) is 0. The molecular formula is C11H15N2. The molecule has 0 unspecified atom stereocenters. The zero-order valence-electron chi connectivity index (χ0n) is 7.74. The van der Waals surface area contributed by atoms with Crippen molar-refractivity contribution in [1.29, 1.82) is 0 Å². The fraction of sp³-hybridized carbons (Fsp3) is 0.455. The first kappa shape index (κ1) is 8.73. The van der Waals surface area contributed by atoms with Gasteiger partial charge in [0.25, 0.3) is 0 Å². The smallest absolute Gasteiger partial charge is 0.0411 e. The molecule has 13 heavy (non-hydrogen) atoms. The first-order chi connectivity index (χ1) is 6.45. The molecule has 0 spiro atoms. The fourth-order valence-corrected chi connectivity index (χ4v) is 1.68. The van der Waals surface area contributed by atoms with E-state index in [1.165, 1.54) is 5.56 Å². The van der Waals surface area contributed by atoms with Gasteiger partial charge in [-0.25, -0.2) is 5.32 Å². The van der Waals surface area contributed by atoms with Crippen molar-refractivity contribution in [3.05, 3.63) is 35.9 Å². The third-order valence-corrected chi connectivity index (χ3v) is 2.37. The van der Waals surface area contributed by atoms with Crippen molar-refractivity contribution in [1.82, 2.24) is 10.6 Å². The van der Waals surface area contributed by atoms with Crippen molar-refractivity contribution < 1.29 is 0 Å². The molecule has 1 fully saturated rings. The fourth-order valence-electron chi connectivity index (χ4n) is 1.68. The molecular weight excluding hydrogens is 160 g/mol. The molecule has 0 bridgehead atoms. The average Bonchev–Trinajstić information content (AvgIpc) is 2.21. The van der Waals surface area contributed by atoms with Crippen LogP contribution in [0.5, 0.6) is 0 Å². The van der Waals surface area contributed by atoms with E-state index in [4.69, 9.17) is 0 Å². The quantitative estimate of drug-likeness (QED) is 0.707. The summed E-state index contributed by atoms with van der Waals surface area (Å²) in [6.45, 7) is 3.05. The van der Waals surface area contributed by atoms with E-state index in [2.05, 4.69) is 41.0 Å². The van der Waals surface area contributed by atoms with Gasteiger partial charge in [0.1, 0.15) is 0 Å². The Kier molecular flexibility index (Phi) is 2.95. The maximum absolute atomic E-state index is 4.56. The molecule has 1 aliphatic heterocycles. The number of piperazine rings is 1. The van der Waals surface area contributed by atoms with E-state index in [9.17, 15) is 0 Å². The first-order valence-electron chi connectivity index (χ1n) is 4.86. The summed E-state index contributed by atoms with van der Waals surface area (Å²) in [5.74, 6) is 0. The van der Waals surface area contributed by atoms with Crippen molar-refractivity contribution in [2.24, 2.45) is 0 Å². The molecule has 0 amide bonds. The summed E-state index contributed by atoms with van der Waals surface area (Å²) < 4.78 is 0. The summed E-state index contributed by atoms with van der Waals surface area (Å²) in [7, 11) is 0. The lowest BCUT2D eigenvalue weighted by molar-refractivity contribution is 0.408. The molecule has 1 N–H and O–H groups in total. The summed E-state index contributed by atoms with van der Waals surface area (Å²) in [6.07, 6.45) is 1.08. The Balaban J connectivity index is 1.90. The minimum atomic E-state index is 0.483. The van der Waals surface area contributed by atoms with Crippen LogP contribution in [0.4, 0.5) is 0 Å². The summed E-state index contributed by atoms with van der Waals surface area (Å²) in [6, 6.07) is 11.1. The van der Waals surface area contributed by atoms with Gasteiger partial charge < -0.3 is 5.32 Å². The van der Waals surface area contributed by atoms with Crippen LogP contribution < -0.4 is 10.6 Å². The molecule has 1 aromatic carbocycles. The molecule has 69 valence electrons. The molecule has 1 radical (unpaired) electrons. The predicted molar refractivity (Wildman–Crippen MR) is 53.8 cm³/mol. The minimum Gasteiger partial charge on any atom is -0.314 e. The lowest BCUT2D eigenvalue weighted by atomic mass is 10.1.